The third kappa shape index (κ3) is 3.79. The van der Waals surface area contributed by atoms with Gasteiger partial charge in [0.15, 0.2) is 0 Å². The van der Waals surface area contributed by atoms with Crippen LogP contribution < -0.4 is 10.9 Å². The first-order valence-corrected chi connectivity index (χ1v) is 6.79. The van der Waals surface area contributed by atoms with Crippen LogP contribution in [0.1, 0.15) is 31.0 Å². The number of nitrogens with one attached hydrogen (secondary N) is 2. The molecule has 118 valence electrons. The molecule has 22 heavy (non-hydrogen) atoms. The normalized spacial score (nSPS) is 11.8. The van der Waals surface area contributed by atoms with E-state index in [4.69, 9.17) is 11.6 Å². The lowest BCUT2D eigenvalue weighted by atomic mass is 10.1. The number of alkyl halides is 3. The minimum Gasteiger partial charge on any atom is -0.326 e. The van der Waals surface area contributed by atoms with Gasteiger partial charge in [0, 0.05) is 11.8 Å². The average Bonchev–Trinajstić information content (AvgIpc) is 2.39. The molecule has 2 rings (SSSR count). The van der Waals surface area contributed by atoms with Crippen molar-refractivity contribution in [1.29, 1.82) is 0 Å². The van der Waals surface area contributed by atoms with Gasteiger partial charge >= 0.3 is 6.18 Å². The van der Waals surface area contributed by atoms with Crippen LogP contribution in [0.3, 0.4) is 0 Å². The topological polar surface area (TPSA) is 57.8 Å². The Morgan fingerprint density at radius 2 is 1.95 bits per heavy atom. The summed E-state index contributed by atoms with van der Waals surface area (Å²) in [6, 6.07) is 4.72. The second-order valence-corrected chi connectivity index (χ2v) is 5.40. The Morgan fingerprint density at radius 3 is 2.55 bits per heavy atom. The minimum absolute atomic E-state index is 0.0128. The van der Waals surface area contributed by atoms with Gasteiger partial charge in [0.1, 0.15) is 0 Å². The molecule has 0 fully saturated rings. The summed E-state index contributed by atoms with van der Waals surface area (Å²) >= 11 is 5.55. The van der Waals surface area contributed by atoms with E-state index in [9.17, 15) is 18.0 Å². The largest absolute Gasteiger partial charge is 0.417 e. The van der Waals surface area contributed by atoms with Gasteiger partial charge in [-0.2, -0.15) is 13.2 Å². The predicted molar refractivity (Wildman–Crippen MR) is 78.7 cm³/mol. The Morgan fingerprint density at radius 1 is 1.27 bits per heavy atom. The van der Waals surface area contributed by atoms with Crippen molar-refractivity contribution in [3.05, 3.63) is 50.9 Å². The summed E-state index contributed by atoms with van der Waals surface area (Å²) < 4.78 is 38.4. The van der Waals surface area contributed by atoms with E-state index in [-0.39, 0.29) is 23.1 Å². The summed E-state index contributed by atoms with van der Waals surface area (Å²) in [4.78, 5) is 18.1. The second kappa shape index (κ2) is 6.00. The van der Waals surface area contributed by atoms with Gasteiger partial charge < -0.3 is 5.32 Å². The first-order chi connectivity index (χ1) is 10.2. The highest BCUT2D eigenvalue weighted by Crippen LogP contribution is 2.36. The third-order valence-corrected chi connectivity index (χ3v) is 3.22. The van der Waals surface area contributed by atoms with E-state index in [2.05, 4.69) is 15.3 Å². The van der Waals surface area contributed by atoms with E-state index in [1.54, 1.807) is 0 Å². The molecule has 0 aliphatic rings. The summed E-state index contributed by atoms with van der Waals surface area (Å²) in [6.07, 6.45) is -4.56. The molecule has 2 N–H and O–H groups in total. The molecular formula is C14H13ClF3N3O. The van der Waals surface area contributed by atoms with Gasteiger partial charge in [0.25, 0.3) is 5.56 Å². The lowest BCUT2D eigenvalue weighted by molar-refractivity contribution is -0.137. The Balaban J connectivity index is 2.38. The number of H-pyrrole nitrogens is 1. The number of hydrogen-bond acceptors (Lipinski definition) is 3. The molecule has 0 unspecified atom stereocenters. The van der Waals surface area contributed by atoms with Crippen LogP contribution >= 0.6 is 11.6 Å². The fraction of sp³-hybridized carbons (Fsp3) is 0.286. The monoisotopic (exact) mass is 331 g/mol. The molecule has 0 radical (unpaired) electrons. The molecule has 2 aromatic rings. The highest BCUT2D eigenvalue weighted by molar-refractivity contribution is 6.31. The molecule has 0 bridgehead atoms. The molecule has 1 aromatic heterocycles. The van der Waals surface area contributed by atoms with Crippen LogP contribution in [0.25, 0.3) is 0 Å². The van der Waals surface area contributed by atoms with E-state index >= 15 is 0 Å². The van der Waals surface area contributed by atoms with Crippen molar-refractivity contribution in [3.8, 4) is 0 Å². The van der Waals surface area contributed by atoms with E-state index in [1.165, 1.54) is 12.1 Å². The molecule has 1 heterocycles. The summed E-state index contributed by atoms with van der Waals surface area (Å²) in [7, 11) is 0. The van der Waals surface area contributed by atoms with E-state index < -0.39 is 16.8 Å². The Hall–Kier alpha value is -2.02. The van der Waals surface area contributed by atoms with Crippen molar-refractivity contribution >= 4 is 23.2 Å². The van der Waals surface area contributed by atoms with Crippen LogP contribution in [0, 0.1) is 0 Å². The fourth-order valence-electron chi connectivity index (χ4n) is 1.79. The van der Waals surface area contributed by atoms with Gasteiger partial charge in [-0.05, 0) is 24.1 Å². The molecule has 0 amide bonds. The maximum atomic E-state index is 12.8. The number of hydrogen-bond donors (Lipinski definition) is 2. The summed E-state index contributed by atoms with van der Waals surface area (Å²) in [5.74, 6) is 0.0884. The Labute approximate surface area is 129 Å². The molecule has 0 aliphatic carbocycles. The molecule has 8 heteroatoms. The minimum atomic E-state index is -4.56. The van der Waals surface area contributed by atoms with Crippen molar-refractivity contribution < 1.29 is 13.2 Å². The van der Waals surface area contributed by atoms with Gasteiger partial charge in [-0.3, -0.25) is 9.78 Å². The number of benzene rings is 1. The molecular weight excluding hydrogens is 319 g/mol. The van der Waals surface area contributed by atoms with Crippen molar-refractivity contribution in [2.45, 2.75) is 25.9 Å². The van der Waals surface area contributed by atoms with Crippen LogP contribution in [0.4, 0.5) is 24.8 Å². The zero-order chi connectivity index (χ0) is 16.5. The lowest BCUT2D eigenvalue weighted by Gasteiger charge is -2.12. The first-order valence-electron chi connectivity index (χ1n) is 6.42. The number of anilines is 2. The maximum Gasteiger partial charge on any atom is 0.417 e. The van der Waals surface area contributed by atoms with Crippen molar-refractivity contribution in [1.82, 2.24) is 9.97 Å². The van der Waals surface area contributed by atoms with E-state index in [0.717, 1.165) is 12.1 Å². The van der Waals surface area contributed by atoms with Crippen LogP contribution in [0.5, 0.6) is 0 Å². The molecule has 0 atom stereocenters. The van der Waals surface area contributed by atoms with Crippen LogP contribution in [0.15, 0.2) is 29.1 Å². The summed E-state index contributed by atoms with van der Waals surface area (Å²) in [5, 5.41) is 2.26. The zero-order valence-corrected chi connectivity index (χ0v) is 12.5. The van der Waals surface area contributed by atoms with Crippen molar-refractivity contribution in [2.24, 2.45) is 0 Å². The van der Waals surface area contributed by atoms with Crippen LogP contribution in [0.2, 0.25) is 5.02 Å². The van der Waals surface area contributed by atoms with Gasteiger partial charge in [-0.15, -0.1) is 0 Å². The first kappa shape index (κ1) is 16.4. The molecule has 4 nitrogen and oxygen atoms in total. The highest BCUT2D eigenvalue weighted by atomic mass is 35.5. The molecule has 0 aliphatic heterocycles. The SMILES string of the molecule is CC(C)c1cc(=O)[nH]c(Nc2ccc(Cl)c(C(F)(F)F)c2)n1. The molecule has 0 saturated heterocycles. The number of nitrogens with zero attached hydrogens (tertiary/aromatic N) is 1. The fourth-order valence-corrected chi connectivity index (χ4v) is 2.01. The number of rotatable bonds is 3. The average molecular weight is 332 g/mol. The Kier molecular flexibility index (Phi) is 4.46. The van der Waals surface area contributed by atoms with Crippen molar-refractivity contribution in [3.63, 3.8) is 0 Å². The van der Waals surface area contributed by atoms with Gasteiger partial charge in [-0.25, -0.2) is 4.98 Å². The van der Waals surface area contributed by atoms with Crippen LogP contribution in [-0.4, -0.2) is 9.97 Å². The molecule has 1 aromatic carbocycles. The van der Waals surface area contributed by atoms with Crippen LogP contribution in [-0.2, 0) is 6.18 Å². The maximum absolute atomic E-state index is 12.8. The van der Waals surface area contributed by atoms with E-state index in [1.807, 2.05) is 13.8 Å². The number of halogens is 4. The van der Waals surface area contributed by atoms with E-state index in [0.29, 0.717) is 5.69 Å². The van der Waals surface area contributed by atoms with Gasteiger partial charge in [0.05, 0.1) is 16.3 Å². The van der Waals surface area contributed by atoms with Gasteiger partial charge in [-0.1, -0.05) is 25.4 Å². The second-order valence-electron chi connectivity index (χ2n) is 4.99. The zero-order valence-electron chi connectivity index (χ0n) is 11.8. The highest BCUT2D eigenvalue weighted by Gasteiger charge is 2.33. The summed E-state index contributed by atoms with van der Waals surface area (Å²) in [6.45, 7) is 3.71. The third-order valence-electron chi connectivity index (χ3n) is 2.89. The molecule has 0 saturated carbocycles. The number of aromatic nitrogens is 2. The molecule has 0 spiro atoms. The quantitative estimate of drug-likeness (QED) is 0.881. The van der Waals surface area contributed by atoms with Gasteiger partial charge in [0.2, 0.25) is 5.95 Å². The lowest BCUT2D eigenvalue weighted by Crippen LogP contribution is -2.13. The van der Waals surface area contributed by atoms with Crippen molar-refractivity contribution in [2.75, 3.05) is 5.32 Å². The smallest absolute Gasteiger partial charge is 0.326 e. The Bertz CT molecular complexity index is 741. The summed E-state index contributed by atoms with van der Waals surface area (Å²) in [5.41, 5.74) is -0.676. The standard InChI is InChI=1S/C14H13ClF3N3O/c1-7(2)11-6-12(22)21-13(20-11)19-8-3-4-10(15)9(5-8)14(16,17)18/h3-7H,1-2H3,(H2,19,20,21,22). The predicted octanol–water partition coefficient (Wildman–Crippen LogP) is 4.31. The number of aromatic amines is 1.